The lowest BCUT2D eigenvalue weighted by Gasteiger charge is -2.18. The molecule has 0 heterocycles. The van der Waals surface area contributed by atoms with Crippen LogP contribution in [0.3, 0.4) is 0 Å². The van der Waals surface area contributed by atoms with Gasteiger partial charge in [-0.3, -0.25) is 9.69 Å². The van der Waals surface area contributed by atoms with Gasteiger partial charge in [0.1, 0.15) is 12.6 Å². The molecule has 1 aromatic carbocycles. The number of hydrogen-bond acceptors (Lipinski definition) is 3. The molecule has 0 spiro atoms. The van der Waals surface area contributed by atoms with Gasteiger partial charge < -0.3 is 10.4 Å². The minimum Gasteiger partial charge on any atom is -0.480 e. The minimum absolute atomic E-state index is 0.348. The van der Waals surface area contributed by atoms with Gasteiger partial charge in [-0.1, -0.05) is 12.1 Å². The number of carbonyl (C=O) groups excluding carboxylic acids is 1. The standard InChI is InChI=1S/C11H11N3O3/c1-14(11(17)13-7-10(15)16)9-5-3-2-4-8(9)6-12/h2-5H,7H2,1H3,(H,13,17)(H,15,16). The zero-order valence-electron chi connectivity index (χ0n) is 9.17. The van der Waals surface area contributed by atoms with Crippen LogP contribution in [0.25, 0.3) is 0 Å². The topological polar surface area (TPSA) is 93.4 Å². The summed E-state index contributed by atoms with van der Waals surface area (Å²) in [7, 11) is 1.47. The molecule has 1 aromatic rings. The van der Waals surface area contributed by atoms with Gasteiger partial charge in [0.05, 0.1) is 11.3 Å². The Morgan fingerprint density at radius 1 is 1.47 bits per heavy atom. The zero-order valence-corrected chi connectivity index (χ0v) is 9.17. The molecule has 0 saturated heterocycles. The smallest absolute Gasteiger partial charge is 0.323 e. The maximum absolute atomic E-state index is 11.6. The first kappa shape index (κ1) is 12.5. The number of anilines is 1. The van der Waals surface area contributed by atoms with Gasteiger partial charge >= 0.3 is 12.0 Å². The average Bonchev–Trinajstić information content (AvgIpc) is 2.34. The van der Waals surface area contributed by atoms with E-state index in [-0.39, 0.29) is 0 Å². The summed E-state index contributed by atoms with van der Waals surface area (Å²) in [5.74, 6) is -1.12. The molecule has 0 radical (unpaired) electrons. The van der Waals surface area contributed by atoms with Crippen LogP contribution in [0.2, 0.25) is 0 Å². The first-order chi connectivity index (χ1) is 8.06. The van der Waals surface area contributed by atoms with E-state index in [1.54, 1.807) is 24.3 Å². The number of carboxylic acid groups (broad SMARTS) is 1. The van der Waals surface area contributed by atoms with E-state index in [1.165, 1.54) is 11.9 Å². The van der Waals surface area contributed by atoms with Crippen molar-refractivity contribution in [3.8, 4) is 6.07 Å². The van der Waals surface area contributed by atoms with Crippen LogP contribution in [-0.2, 0) is 4.79 Å². The largest absolute Gasteiger partial charge is 0.480 e. The van der Waals surface area contributed by atoms with Crippen LogP contribution < -0.4 is 10.2 Å². The maximum atomic E-state index is 11.6. The van der Waals surface area contributed by atoms with Crippen molar-refractivity contribution in [2.45, 2.75) is 0 Å². The Kier molecular flexibility index (Phi) is 4.06. The van der Waals surface area contributed by atoms with Gasteiger partial charge in [0.15, 0.2) is 0 Å². The summed E-state index contributed by atoms with van der Waals surface area (Å²) in [6, 6.07) is 7.95. The predicted molar refractivity (Wildman–Crippen MR) is 60.6 cm³/mol. The van der Waals surface area contributed by atoms with Crippen molar-refractivity contribution in [1.82, 2.24) is 5.32 Å². The minimum atomic E-state index is -1.12. The van der Waals surface area contributed by atoms with Gasteiger partial charge in [-0.15, -0.1) is 0 Å². The molecular weight excluding hydrogens is 222 g/mol. The molecule has 1 rings (SSSR count). The highest BCUT2D eigenvalue weighted by molar-refractivity contribution is 5.94. The number of carboxylic acids is 1. The van der Waals surface area contributed by atoms with Crippen LogP contribution in [0.5, 0.6) is 0 Å². The number of aliphatic carboxylic acids is 1. The summed E-state index contributed by atoms with van der Waals surface area (Å²) in [6.07, 6.45) is 0. The van der Waals surface area contributed by atoms with Gasteiger partial charge in [-0.05, 0) is 12.1 Å². The Hall–Kier alpha value is -2.55. The van der Waals surface area contributed by atoms with E-state index in [9.17, 15) is 9.59 Å². The molecule has 6 heteroatoms. The van der Waals surface area contributed by atoms with E-state index >= 15 is 0 Å². The van der Waals surface area contributed by atoms with E-state index in [0.29, 0.717) is 11.3 Å². The highest BCUT2D eigenvalue weighted by atomic mass is 16.4. The van der Waals surface area contributed by atoms with Crippen LogP contribution >= 0.6 is 0 Å². The number of amides is 2. The van der Waals surface area contributed by atoms with Crippen molar-refractivity contribution in [3.05, 3.63) is 29.8 Å². The van der Waals surface area contributed by atoms with Gasteiger partial charge in [0.25, 0.3) is 0 Å². The predicted octanol–water partition coefficient (Wildman–Crippen LogP) is 0.789. The monoisotopic (exact) mass is 233 g/mol. The van der Waals surface area contributed by atoms with E-state index in [1.807, 2.05) is 6.07 Å². The summed E-state index contributed by atoms with van der Waals surface area (Å²) in [5.41, 5.74) is 0.776. The summed E-state index contributed by atoms with van der Waals surface area (Å²) in [5, 5.41) is 19.5. The number of para-hydroxylation sites is 1. The lowest BCUT2D eigenvalue weighted by Crippen LogP contribution is -2.40. The number of carbonyl (C=O) groups is 2. The van der Waals surface area contributed by atoms with Crippen LogP contribution in [0, 0.1) is 11.3 Å². The Morgan fingerprint density at radius 2 is 2.12 bits per heavy atom. The van der Waals surface area contributed by atoms with Crippen molar-refractivity contribution < 1.29 is 14.7 Å². The molecule has 17 heavy (non-hydrogen) atoms. The van der Waals surface area contributed by atoms with E-state index < -0.39 is 18.5 Å². The van der Waals surface area contributed by atoms with Crippen molar-refractivity contribution in [2.24, 2.45) is 0 Å². The molecule has 0 unspecified atom stereocenters. The fourth-order valence-corrected chi connectivity index (χ4v) is 1.24. The highest BCUT2D eigenvalue weighted by Gasteiger charge is 2.14. The quantitative estimate of drug-likeness (QED) is 0.807. The second-order valence-corrected chi connectivity index (χ2v) is 3.24. The lowest BCUT2D eigenvalue weighted by atomic mass is 10.2. The van der Waals surface area contributed by atoms with Crippen molar-refractivity contribution in [2.75, 3.05) is 18.5 Å². The number of nitrogens with one attached hydrogen (secondary N) is 1. The molecule has 0 saturated carbocycles. The molecular formula is C11H11N3O3. The number of benzene rings is 1. The van der Waals surface area contributed by atoms with Gasteiger partial charge in [0.2, 0.25) is 0 Å². The van der Waals surface area contributed by atoms with Crippen molar-refractivity contribution >= 4 is 17.7 Å². The SMILES string of the molecule is CN(C(=O)NCC(=O)O)c1ccccc1C#N. The fourth-order valence-electron chi connectivity index (χ4n) is 1.24. The summed E-state index contributed by atoms with van der Waals surface area (Å²) < 4.78 is 0. The second kappa shape index (κ2) is 5.51. The number of hydrogen-bond donors (Lipinski definition) is 2. The lowest BCUT2D eigenvalue weighted by molar-refractivity contribution is -0.135. The number of nitrogens with zero attached hydrogens (tertiary/aromatic N) is 2. The third-order valence-corrected chi connectivity index (χ3v) is 2.08. The highest BCUT2D eigenvalue weighted by Crippen LogP contribution is 2.17. The molecule has 88 valence electrons. The summed E-state index contributed by atoms with van der Waals surface area (Å²) in [6.45, 7) is -0.460. The van der Waals surface area contributed by atoms with E-state index in [4.69, 9.17) is 10.4 Å². The first-order valence-corrected chi connectivity index (χ1v) is 4.78. The van der Waals surface area contributed by atoms with Crippen LogP contribution in [0.1, 0.15) is 5.56 Å². The first-order valence-electron chi connectivity index (χ1n) is 4.78. The Bertz CT molecular complexity index is 479. The van der Waals surface area contributed by atoms with Crippen molar-refractivity contribution in [1.29, 1.82) is 5.26 Å². The van der Waals surface area contributed by atoms with Gasteiger partial charge in [0, 0.05) is 7.05 Å². The van der Waals surface area contributed by atoms with Crippen molar-refractivity contribution in [3.63, 3.8) is 0 Å². The third kappa shape index (κ3) is 3.21. The third-order valence-electron chi connectivity index (χ3n) is 2.08. The normalized spacial score (nSPS) is 9.18. The van der Waals surface area contributed by atoms with E-state index in [0.717, 1.165) is 0 Å². The van der Waals surface area contributed by atoms with Gasteiger partial charge in [-0.2, -0.15) is 5.26 Å². The number of nitriles is 1. The fraction of sp³-hybridized carbons (Fsp3) is 0.182. The Balaban J connectivity index is 2.82. The van der Waals surface area contributed by atoms with Crippen LogP contribution in [0.15, 0.2) is 24.3 Å². The molecule has 0 atom stereocenters. The molecule has 2 amide bonds. The molecule has 6 nitrogen and oxygen atoms in total. The zero-order chi connectivity index (χ0) is 12.8. The molecule has 0 bridgehead atoms. The Labute approximate surface area is 98.1 Å². The molecule has 0 aliphatic carbocycles. The second-order valence-electron chi connectivity index (χ2n) is 3.24. The number of rotatable bonds is 3. The summed E-state index contributed by atoms with van der Waals surface area (Å²) >= 11 is 0. The maximum Gasteiger partial charge on any atom is 0.323 e. The van der Waals surface area contributed by atoms with Gasteiger partial charge in [-0.25, -0.2) is 4.79 Å². The average molecular weight is 233 g/mol. The molecule has 0 aliphatic rings. The Morgan fingerprint density at radius 3 is 2.71 bits per heavy atom. The molecule has 0 aliphatic heterocycles. The van der Waals surface area contributed by atoms with E-state index in [2.05, 4.69) is 5.32 Å². The van der Waals surface area contributed by atoms with Crippen LogP contribution in [-0.4, -0.2) is 30.7 Å². The summed E-state index contributed by atoms with van der Waals surface area (Å²) in [4.78, 5) is 23.1. The number of urea groups is 1. The molecule has 0 aromatic heterocycles. The van der Waals surface area contributed by atoms with Crippen LogP contribution in [0.4, 0.5) is 10.5 Å². The molecule has 2 N–H and O–H groups in total. The molecule has 0 fully saturated rings.